The van der Waals surface area contributed by atoms with E-state index in [-0.39, 0.29) is 11.3 Å². The number of hydrogen-bond acceptors (Lipinski definition) is 20. The molecule has 10 atom stereocenters. The average molecular weight is 964 g/mol. The summed E-state index contributed by atoms with van der Waals surface area (Å²) in [5.74, 6) is -6.45. The SMILES string of the molecule is CC(=O)OC[C@H]1O[C@H](O[C@H]2[C@H](OC(C)=O)[C@@H](OC(C)=O)[C@H](OCc3ccc(C)c(NS(=O)(=O)c4ccc(C(F)(F)F)cc4)c3)O[C@@H]2COC(C)=O)[C@H](OC(C)=O)[C@@H](OC(C)=O)[C@@H]1OC(C)=O. The molecular formula is C41H48F3NO20S. The van der Waals surface area contributed by atoms with Gasteiger partial charge in [-0.25, -0.2) is 8.42 Å². The molecule has 0 aromatic heterocycles. The molecule has 0 radical (unpaired) electrons. The van der Waals surface area contributed by atoms with Crippen LogP contribution in [0.4, 0.5) is 18.9 Å². The first-order chi connectivity index (χ1) is 30.7. The first-order valence-electron chi connectivity index (χ1n) is 19.8. The van der Waals surface area contributed by atoms with E-state index < -0.39 is 150 Å². The number of ether oxygens (including phenoxy) is 11. The molecule has 25 heteroatoms. The Morgan fingerprint density at radius 2 is 1.03 bits per heavy atom. The molecule has 0 bridgehead atoms. The van der Waals surface area contributed by atoms with Crippen LogP contribution in [-0.2, 0) is 108 Å². The summed E-state index contributed by atoms with van der Waals surface area (Å²) >= 11 is 0. The van der Waals surface area contributed by atoms with E-state index in [2.05, 4.69) is 4.72 Å². The summed E-state index contributed by atoms with van der Waals surface area (Å²) in [5.41, 5.74) is -0.411. The normalized spacial score (nSPS) is 25.3. The van der Waals surface area contributed by atoms with E-state index in [0.717, 1.165) is 60.6 Å². The number of carbonyl (C=O) groups is 7. The molecule has 21 nitrogen and oxygen atoms in total. The van der Waals surface area contributed by atoms with Gasteiger partial charge in [0.15, 0.2) is 43.1 Å². The van der Waals surface area contributed by atoms with Crippen molar-refractivity contribution in [2.45, 2.75) is 134 Å². The summed E-state index contributed by atoms with van der Waals surface area (Å²) in [7, 11) is -4.42. The van der Waals surface area contributed by atoms with Crippen molar-refractivity contribution in [3.8, 4) is 0 Å². The van der Waals surface area contributed by atoms with Gasteiger partial charge >= 0.3 is 48.0 Å². The second kappa shape index (κ2) is 22.5. The van der Waals surface area contributed by atoms with Crippen molar-refractivity contribution in [2.24, 2.45) is 0 Å². The van der Waals surface area contributed by atoms with Crippen LogP contribution in [0.3, 0.4) is 0 Å². The van der Waals surface area contributed by atoms with Gasteiger partial charge in [-0.1, -0.05) is 12.1 Å². The fraction of sp³-hybridized carbons (Fsp3) is 0.537. The number of sulfonamides is 1. The van der Waals surface area contributed by atoms with E-state index in [4.69, 9.17) is 52.1 Å². The van der Waals surface area contributed by atoms with Gasteiger partial charge in [0, 0.05) is 48.5 Å². The maximum atomic E-state index is 13.2. The number of benzene rings is 2. The van der Waals surface area contributed by atoms with E-state index in [1.165, 1.54) is 18.2 Å². The van der Waals surface area contributed by atoms with Crippen molar-refractivity contribution in [2.75, 3.05) is 17.9 Å². The van der Waals surface area contributed by atoms with E-state index in [0.29, 0.717) is 17.7 Å². The quantitative estimate of drug-likeness (QED) is 0.176. The molecule has 2 aliphatic heterocycles. The lowest BCUT2D eigenvalue weighted by Crippen LogP contribution is -2.67. The van der Waals surface area contributed by atoms with Gasteiger partial charge in [0.1, 0.15) is 31.5 Å². The van der Waals surface area contributed by atoms with E-state index >= 15 is 0 Å². The minimum atomic E-state index is -4.70. The minimum absolute atomic E-state index is 0.000839. The van der Waals surface area contributed by atoms with Crippen LogP contribution in [0.1, 0.15) is 65.2 Å². The zero-order valence-corrected chi connectivity index (χ0v) is 37.5. The summed E-state index contributed by atoms with van der Waals surface area (Å²) in [6.07, 6.45) is -21.7. The summed E-state index contributed by atoms with van der Waals surface area (Å²) in [4.78, 5) is 86.2. The second-order valence-electron chi connectivity index (χ2n) is 14.7. The minimum Gasteiger partial charge on any atom is -0.463 e. The number of carbonyl (C=O) groups excluding carboxylic acids is 7. The molecule has 2 aromatic carbocycles. The van der Waals surface area contributed by atoms with Crippen LogP contribution < -0.4 is 4.72 Å². The highest BCUT2D eigenvalue weighted by molar-refractivity contribution is 7.92. The van der Waals surface area contributed by atoms with Gasteiger partial charge in [-0.2, -0.15) is 13.2 Å². The molecule has 0 saturated carbocycles. The van der Waals surface area contributed by atoms with Crippen molar-refractivity contribution in [3.05, 3.63) is 59.2 Å². The van der Waals surface area contributed by atoms with Crippen LogP contribution in [-0.4, -0.2) is 125 Å². The summed E-state index contributed by atoms with van der Waals surface area (Å²) in [6.45, 7) is 6.85. The lowest BCUT2D eigenvalue weighted by Gasteiger charge is -2.48. The molecule has 2 heterocycles. The Kier molecular flexibility index (Phi) is 18.0. The molecule has 2 fully saturated rings. The topological polar surface area (TPSA) is 267 Å². The fourth-order valence-corrected chi connectivity index (χ4v) is 7.80. The lowest BCUT2D eigenvalue weighted by atomic mass is 9.96. The summed E-state index contributed by atoms with van der Waals surface area (Å²) < 4.78 is 131. The fourth-order valence-electron chi connectivity index (χ4n) is 6.68. The first-order valence-corrected chi connectivity index (χ1v) is 21.2. The maximum Gasteiger partial charge on any atom is 0.416 e. The zero-order valence-electron chi connectivity index (χ0n) is 36.6. The van der Waals surface area contributed by atoms with Crippen molar-refractivity contribution in [1.29, 1.82) is 0 Å². The number of alkyl halides is 3. The van der Waals surface area contributed by atoms with Crippen LogP contribution in [0, 0.1) is 6.92 Å². The molecular weight excluding hydrogens is 915 g/mol. The van der Waals surface area contributed by atoms with Gasteiger partial charge in [-0.15, -0.1) is 0 Å². The Hall–Kier alpha value is -5.89. The molecule has 66 heavy (non-hydrogen) atoms. The second-order valence-corrected chi connectivity index (χ2v) is 16.4. The van der Waals surface area contributed by atoms with Gasteiger partial charge in [0.05, 0.1) is 22.8 Å². The lowest BCUT2D eigenvalue weighted by molar-refractivity contribution is -0.362. The van der Waals surface area contributed by atoms with Gasteiger partial charge in [-0.3, -0.25) is 38.3 Å². The number of anilines is 1. The number of nitrogens with one attached hydrogen (secondary N) is 1. The molecule has 0 amide bonds. The molecule has 0 spiro atoms. The number of aryl methyl sites for hydroxylation is 1. The highest BCUT2D eigenvalue weighted by Gasteiger charge is 2.57. The third-order valence-electron chi connectivity index (χ3n) is 9.34. The van der Waals surface area contributed by atoms with E-state index in [1.54, 1.807) is 6.92 Å². The zero-order chi connectivity index (χ0) is 49.3. The molecule has 0 unspecified atom stereocenters. The molecule has 0 aliphatic carbocycles. The van der Waals surface area contributed by atoms with E-state index in [9.17, 15) is 55.2 Å². The monoisotopic (exact) mass is 963 g/mol. The van der Waals surface area contributed by atoms with Crippen molar-refractivity contribution < 1.29 is 107 Å². The molecule has 2 aliphatic rings. The predicted octanol–water partition coefficient (Wildman–Crippen LogP) is 2.95. The summed E-state index contributed by atoms with van der Waals surface area (Å²) in [5, 5.41) is 0. The Morgan fingerprint density at radius 1 is 0.591 bits per heavy atom. The van der Waals surface area contributed by atoms with Crippen LogP contribution in [0.2, 0.25) is 0 Å². The van der Waals surface area contributed by atoms with Gasteiger partial charge in [-0.05, 0) is 48.4 Å². The van der Waals surface area contributed by atoms with Crippen molar-refractivity contribution in [1.82, 2.24) is 0 Å². The average Bonchev–Trinajstić information content (AvgIpc) is 3.19. The molecule has 2 aromatic rings. The van der Waals surface area contributed by atoms with Crippen molar-refractivity contribution in [3.63, 3.8) is 0 Å². The van der Waals surface area contributed by atoms with Crippen LogP contribution >= 0.6 is 0 Å². The van der Waals surface area contributed by atoms with Gasteiger partial charge in [0.2, 0.25) is 0 Å². The van der Waals surface area contributed by atoms with Gasteiger partial charge in [0.25, 0.3) is 10.0 Å². The standard InChI is InChI=1S/C41H48F3NO20S/c1-19-9-10-27(15-30(19)45-66(53,54)29-13-11-28(12-14-29)41(42,43)44)16-57-39-37(61-25(7)51)36(60-24(6)50)34(32(63-39)18-56-21(3)47)65-40-38(62-26(8)52)35(59-23(5)49)33(58-22(4)48)31(64-40)17-55-20(2)46/h9-15,31-40,45H,16-18H2,1-8H3/t31-,32-,33-,34-,35+,36+,37-,38-,39-,40-/m1/s1. The largest absolute Gasteiger partial charge is 0.463 e. The van der Waals surface area contributed by atoms with Gasteiger partial charge < -0.3 is 52.1 Å². The number of halogens is 3. The van der Waals surface area contributed by atoms with Crippen molar-refractivity contribution >= 4 is 57.5 Å². The first kappa shape index (κ1) is 52.7. The predicted molar refractivity (Wildman–Crippen MR) is 211 cm³/mol. The van der Waals surface area contributed by atoms with Crippen LogP contribution in [0.25, 0.3) is 0 Å². The maximum absolute atomic E-state index is 13.2. The number of hydrogen-bond donors (Lipinski definition) is 1. The Bertz CT molecular complexity index is 2220. The highest BCUT2D eigenvalue weighted by atomic mass is 32.2. The Balaban J connectivity index is 1.74. The molecule has 1 N–H and O–H groups in total. The molecule has 364 valence electrons. The van der Waals surface area contributed by atoms with Crippen LogP contribution in [0.15, 0.2) is 47.4 Å². The van der Waals surface area contributed by atoms with Crippen LogP contribution in [0.5, 0.6) is 0 Å². The molecule has 2 saturated heterocycles. The number of esters is 7. The molecule has 4 rings (SSSR count). The number of rotatable bonds is 17. The Morgan fingerprint density at radius 3 is 1.52 bits per heavy atom. The Labute approximate surface area is 375 Å². The smallest absolute Gasteiger partial charge is 0.416 e. The third-order valence-corrected chi connectivity index (χ3v) is 10.7. The summed E-state index contributed by atoms with van der Waals surface area (Å²) in [6, 6.07) is 7.18. The van der Waals surface area contributed by atoms with E-state index in [1.807, 2.05) is 0 Å². The highest BCUT2D eigenvalue weighted by Crippen LogP contribution is 2.36. The third kappa shape index (κ3) is 14.8.